The summed E-state index contributed by atoms with van der Waals surface area (Å²) in [6.07, 6.45) is 15.2. The van der Waals surface area contributed by atoms with Gasteiger partial charge in [-0.05, 0) is 37.5 Å². The summed E-state index contributed by atoms with van der Waals surface area (Å²) < 4.78 is 0. The molecule has 1 atom stereocenters. The fourth-order valence-electron chi connectivity index (χ4n) is 1.76. The first-order chi connectivity index (χ1) is 6.99. The topological polar surface area (TPSA) is 0 Å². The van der Waals surface area contributed by atoms with E-state index in [0.29, 0.717) is 11.3 Å². The summed E-state index contributed by atoms with van der Waals surface area (Å²) in [6.45, 7) is 9.13. The molecule has 0 radical (unpaired) electrons. The predicted octanol–water partition coefficient (Wildman–Crippen LogP) is 4.89. The van der Waals surface area contributed by atoms with Crippen molar-refractivity contribution in [2.75, 3.05) is 0 Å². The highest BCUT2D eigenvalue weighted by atomic mass is 14.2. The first-order valence-corrected chi connectivity index (χ1v) is 5.99. The molecule has 0 aromatic rings. The van der Waals surface area contributed by atoms with Crippen molar-refractivity contribution < 1.29 is 0 Å². The molecular weight excluding hydrogens is 180 g/mol. The molecule has 1 rings (SSSR count). The largest absolute Gasteiger partial charge is 0.0874 e. The highest BCUT2D eigenvalue weighted by Crippen LogP contribution is 2.25. The summed E-state index contributed by atoms with van der Waals surface area (Å²) in [4.78, 5) is 0. The second-order valence-electron chi connectivity index (χ2n) is 5.49. The van der Waals surface area contributed by atoms with Gasteiger partial charge in [-0.15, -0.1) is 0 Å². The average Bonchev–Trinajstić information content (AvgIpc) is 2.15. The van der Waals surface area contributed by atoms with Crippen molar-refractivity contribution in [3.8, 4) is 0 Å². The molecule has 0 bridgehead atoms. The molecule has 0 N–H and O–H groups in total. The maximum absolute atomic E-state index is 2.38. The van der Waals surface area contributed by atoms with Gasteiger partial charge < -0.3 is 0 Å². The molecule has 0 fully saturated rings. The molecule has 0 heterocycles. The Morgan fingerprint density at radius 1 is 1.27 bits per heavy atom. The van der Waals surface area contributed by atoms with Crippen molar-refractivity contribution in [1.29, 1.82) is 0 Å². The molecule has 0 aromatic heterocycles. The molecular formula is C15H24. The third-order valence-corrected chi connectivity index (χ3v) is 2.96. The lowest BCUT2D eigenvalue weighted by Crippen LogP contribution is -2.05. The molecule has 0 nitrogen and oxygen atoms in total. The van der Waals surface area contributed by atoms with Crippen molar-refractivity contribution in [1.82, 2.24) is 0 Å². The van der Waals surface area contributed by atoms with E-state index in [1.54, 1.807) is 0 Å². The molecule has 0 heteroatoms. The van der Waals surface area contributed by atoms with Crippen molar-refractivity contribution >= 4 is 0 Å². The van der Waals surface area contributed by atoms with Crippen LogP contribution in [0.1, 0.15) is 47.0 Å². The summed E-state index contributed by atoms with van der Waals surface area (Å²) in [5.41, 5.74) is 1.80. The van der Waals surface area contributed by atoms with Gasteiger partial charge in [-0.3, -0.25) is 0 Å². The fraction of sp³-hybridized carbons (Fsp3) is 0.600. The zero-order valence-corrected chi connectivity index (χ0v) is 10.6. The van der Waals surface area contributed by atoms with Crippen molar-refractivity contribution in [3.05, 3.63) is 36.0 Å². The molecule has 0 aliphatic heterocycles. The van der Waals surface area contributed by atoms with Crippen LogP contribution in [0.2, 0.25) is 0 Å². The summed E-state index contributed by atoms with van der Waals surface area (Å²) in [5.74, 6) is 0.669. The van der Waals surface area contributed by atoms with E-state index in [4.69, 9.17) is 0 Å². The Bertz CT molecular complexity index is 276. The minimum Gasteiger partial charge on any atom is -0.0874 e. The van der Waals surface area contributed by atoms with E-state index in [0.717, 1.165) is 12.8 Å². The van der Waals surface area contributed by atoms with Gasteiger partial charge in [0, 0.05) is 0 Å². The van der Waals surface area contributed by atoms with Crippen LogP contribution >= 0.6 is 0 Å². The standard InChI is InChI=1S/C15H24/c1-13-7-5-8-14(2)10-12-15(3,4)11-6-9-13/h5-7,10-11,13H,8-9,12H2,1-4H3/b7-5-,11-6-,14-10-. The summed E-state index contributed by atoms with van der Waals surface area (Å²) in [6, 6.07) is 0. The van der Waals surface area contributed by atoms with Gasteiger partial charge in [-0.25, -0.2) is 0 Å². The van der Waals surface area contributed by atoms with Gasteiger partial charge in [0.1, 0.15) is 0 Å². The Hall–Kier alpha value is -0.780. The number of rotatable bonds is 0. The third-order valence-electron chi connectivity index (χ3n) is 2.96. The van der Waals surface area contributed by atoms with Crippen LogP contribution in [0, 0.1) is 11.3 Å². The smallest absolute Gasteiger partial charge is 0.0140 e. The van der Waals surface area contributed by atoms with Gasteiger partial charge in [-0.2, -0.15) is 0 Å². The van der Waals surface area contributed by atoms with Crippen LogP contribution in [0.3, 0.4) is 0 Å². The second-order valence-corrected chi connectivity index (χ2v) is 5.49. The van der Waals surface area contributed by atoms with E-state index in [2.05, 4.69) is 58.1 Å². The number of hydrogen-bond acceptors (Lipinski definition) is 0. The number of hydrogen-bond donors (Lipinski definition) is 0. The molecule has 1 aliphatic carbocycles. The van der Waals surface area contributed by atoms with E-state index in [1.165, 1.54) is 12.0 Å². The summed E-state index contributed by atoms with van der Waals surface area (Å²) >= 11 is 0. The third kappa shape index (κ3) is 5.01. The lowest BCUT2D eigenvalue weighted by Gasteiger charge is -2.18. The molecule has 84 valence electrons. The van der Waals surface area contributed by atoms with E-state index in [9.17, 15) is 0 Å². The van der Waals surface area contributed by atoms with E-state index < -0.39 is 0 Å². The van der Waals surface area contributed by atoms with Crippen molar-refractivity contribution in [2.24, 2.45) is 11.3 Å². The number of allylic oxidation sites excluding steroid dienone is 6. The van der Waals surface area contributed by atoms with Crippen LogP contribution in [0.4, 0.5) is 0 Å². The molecule has 15 heavy (non-hydrogen) atoms. The second kappa shape index (κ2) is 5.34. The monoisotopic (exact) mass is 204 g/mol. The van der Waals surface area contributed by atoms with Gasteiger partial charge in [-0.1, -0.05) is 56.7 Å². The summed E-state index contributed by atoms with van der Waals surface area (Å²) in [5, 5.41) is 0. The van der Waals surface area contributed by atoms with Crippen molar-refractivity contribution in [3.63, 3.8) is 0 Å². The maximum Gasteiger partial charge on any atom is -0.0140 e. The molecule has 0 saturated heterocycles. The van der Waals surface area contributed by atoms with Gasteiger partial charge >= 0.3 is 0 Å². The Labute approximate surface area is 94.8 Å². The van der Waals surface area contributed by atoms with Crippen LogP contribution in [-0.4, -0.2) is 0 Å². The lowest BCUT2D eigenvalue weighted by molar-refractivity contribution is 0.484. The first kappa shape index (κ1) is 12.3. The molecule has 1 aliphatic rings. The zero-order chi connectivity index (χ0) is 11.3. The zero-order valence-electron chi connectivity index (χ0n) is 10.6. The molecule has 0 spiro atoms. The SMILES string of the molecule is C/C1=C/CC(C)(C)/C=C\CC(C)/C=C\C1. The van der Waals surface area contributed by atoms with E-state index in [1.807, 2.05) is 0 Å². The first-order valence-electron chi connectivity index (χ1n) is 5.99. The average molecular weight is 204 g/mol. The highest BCUT2D eigenvalue weighted by Gasteiger charge is 2.12. The van der Waals surface area contributed by atoms with Crippen LogP contribution < -0.4 is 0 Å². The molecule has 0 amide bonds. The van der Waals surface area contributed by atoms with Gasteiger partial charge in [0.15, 0.2) is 0 Å². The molecule has 1 unspecified atom stereocenters. The molecule has 0 saturated carbocycles. The minimum absolute atomic E-state index is 0.311. The minimum atomic E-state index is 0.311. The quantitative estimate of drug-likeness (QED) is 0.493. The lowest BCUT2D eigenvalue weighted by atomic mass is 9.87. The van der Waals surface area contributed by atoms with Gasteiger partial charge in [0.05, 0.1) is 0 Å². The van der Waals surface area contributed by atoms with Crippen LogP contribution in [0.5, 0.6) is 0 Å². The van der Waals surface area contributed by atoms with Gasteiger partial charge in [0.2, 0.25) is 0 Å². The Morgan fingerprint density at radius 2 is 2.00 bits per heavy atom. The fourth-order valence-corrected chi connectivity index (χ4v) is 1.76. The van der Waals surface area contributed by atoms with Crippen LogP contribution in [-0.2, 0) is 0 Å². The van der Waals surface area contributed by atoms with E-state index in [-0.39, 0.29) is 0 Å². The Kier molecular flexibility index (Phi) is 4.38. The predicted molar refractivity (Wildman–Crippen MR) is 68.8 cm³/mol. The van der Waals surface area contributed by atoms with E-state index >= 15 is 0 Å². The van der Waals surface area contributed by atoms with Crippen LogP contribution in [0.25, 0.3) is 0 Å². The maximum atomic E-state index is 2.38. The van der Waals surface area contributed by atoms with Crippen molar-refractivity contribution in [2.45, 2.75) is 47.0 Å². The Balaban J connectivity index is 2.78. The normalized spacial score (nSPS) is 34.7. The van der Waals surface area contributed by atoms with Gasteiger partial charge in [0.25, 0.3) is 0 Å². The summed E-state index contributed by atoms with van der Waals surface area (Å²) in [7, 11) is 0. The van der Waals surface area contributed by atoms with Crippen LogP contribution in [0.15, 0.2) is 36.0 Å². The molecule has 0 aromatic carbocycles. The Morgan fingerprint density at radius 3 is 2.73 bits per heavy atom. The highest BCUT2D eigenvalue weighted by molar-refractivity contribution is 5.10.